The van der Waals surface area contributed by atoms with E-state index in [0.717, 1.165) is 51.6 Å². The van der Waals surface area contributed by atoms with E-state index in [2.05, 4.69) is 17.3 Å². The van der Waals surface area contributed by atoms with Crippen LogP contribution in [0.3, 0.4) is 0 Å². The molecule has 7 heteroatoms. The molecule has 3 fully saturated rings. The van der Waals surface area contributed by atoms with E-state index in [1.165, 1.54) is 32.1 Å². The second-order valence-electron chi connectivity index (χ2n) is 10.6. The zero-order valence-electron chi connectivity index (χ0n) is 20.1. The molecule has 3 aliphatic rings. The van der Waals surface area contributed by atoms with Gasteiger partial charge in [-0.2, -0.15) is 0 Å². The third-order valence-electron chi connectivity index (χ3n) is 8.21. The Morgan fingerprint density at radius 2 is 1.66 bits per heavy atom. The summed E-state index contributed by atoms with van der Waals surface area (Å²) in [6, 6.07) is 0. The molecular formula is C25H45N3O4. The lowest BCUT2D eigenvalue weighted by Crippen LogP contribution is -2.50. The molecule has 32 heavy (non-hydrogen) atoms. The van der Waals surface area contributed by atoms with Crippen LogP contribution in [0.5, 0.6) is 0 Å². The van der Waals surface area contributed by atoms with Gasteiger partial charge in [-0.05, 0) is 64.6 Å². The van der Waals surface area contributed by atoms with Crippen LogP contribution < -0.4 is 5.32 Å². The minimum absolute atomic E-state index is 0.0107. The first-order valence-corrected chi connectivity index (χ1v) is 13.0. The van der Waals surface area contributed by atoms with Crippen LogP contribution in [0.4, 0.5) is 0 Å². The first-order valence-electron chi connectivity index (χ1n) is 13.0. The maximum absolute atomic E-state index is 13.1. The summed E-state index contributed by atoms with van der Waals surface area (Å²) >= 11 is 0. The molecule has 1 aliphatic carbocycles. The highest BCUT2D eigenvalue weighted by atomic mass is 16.3. The normalized spacial score (nSPS) is 29.6. The fraction of sp³-hybridized carbons (Fsp3) is 0.920. The molecule has 7 nitrogen and oxygen atoms in total. The second kappa shape index (κ2) is 12.3. The second-order valence-corrected chi connectivity index (χ2v) is 10.6. The van der Waals surface area contributed by atoms with Crippen molar-refractivity contribution < 1.29 is 19.8 Å². The van der Waals surface area contributed by atoms with Crippen LogP contribution in [0, 0.1) is 11.3 Å². The van der Waals surface area contributed by atoms with Gasteiger partial charge in [0, 0.05) is 26.1 Å². The monoisotopic (exact) mass is 451 g/mol. The average Bonchev–Trinajstić information content (AvgIpc) is 2.82. The fourth-order valence-electron chi connectivity index (χ4n) is 5.73. The SMILES string of the molecule is CN1CCC2(CCCCN(C(=O)CCC3CCCCC3)CC[C@H](O)[C@H](O)CNC2=O)CC1. The Bertz CT molecular complexity index is 600. The Labute approximate surface area is 193 Å². The lowest BCUT2D eigenvalue weighted by molar-refractivity contribution is -0.135. The minimum atomic E-state index is -1.01. The van der Waals surface area contributed by atoms with Crippen LogP contribution in [-0.2, 0) is 9.59 Å². The molecule has 0 aromatic rings. The summed E-state index contributed by atoms with van der Waals surface area (Å²) < 4.78 is 0. The predicted molar refractivity (Wildman–Crippen MR) is 125 cm³/mol. The van der Waals surface area contributed by atoms with E-state index < -0.39 is 17.6 Å². The molecule has 2 heterocycles. The lowest BCUT2D eigenvalue weighted by atomic mass is 9.73. The van der Waals surface area contributed by atoms with Crippen molar-refractivity contribution >= 4 is 11.8 Å². The standard InChI is InChI=1S/C25H45N3O4/c1-27-17-13-25(14-18-27)12-5-6-15-28(16-11-21(29)22(30)19-26-24(25)32)23(31)10-9-20-7-3-2-4-8-20/h20-22,29-30H,2-19H2,1H3,(H,26,32)/t21-,22+/m0/s1. The number of β-amino-alcohol motifs (C(OH)–C–C–N with tert-alkyl or cyclic N) is 1. The molecule has 0 aromatic heterocycles. The van der Waals surface area contributed by atoms with Crippen LogP contribution in [0.25, 0.3) is 0 Å². The zero-order valence-corrected chi connectivity index (χ0v) is 20.1. The van der Waals surface area contributed by atoms with Crippen molar-refractivity contribution in [3.05, 3.63) is 0 Å². The number of nitrogens with zero attached hydrogens (tertiary/aromatic N) is 2. The Morgan fingerprint density at radius 3 is 2.38 bits per heavy atom. The van der Waals surface area contributed by atoms with E-state index in [0.29, 0.717) is 31.8 Å². The number of hydrogen-bond donors (Lipinski definition) is 3. The van der Waals surface area contributed by atoms with E-state index in [1.807, 2.05) is 4.90 Å². The average molecular weight is 452 g/mol. The highest BCUT2D eigenvalue weighted by molar-refractivity contribution is 5.82. The molecule has 3 N–H and O–H groups in total. The van der Waals surface area contributed by atoms with Gasteiger partial charge < -0.3 is 25.3 Å². The Morgan fingerprint density at radius 1 is 0.938 bits per heavy atom. The number of aliphatic hydroxyl groups excluding tert-OH is 2. The van der Waals surface area contributed by atoms with Crippen LogP contribution >= 0.6 is 0 Å². The minimum Gasteiger partial charge on any atom is -0.390 e. The van der Waals surface area contributed by atoms with Gasteiger partial charge in [-0.25, -0.2) is 0 Å². The highest BCUT2D eigenvalue weighted by Crippen LogP contribution is 2.37. The van der Waals surface area contributed by atoms with E-state index >= 15 is 0 Å². The van der Waals surface area contributed by atoms with Crippen LogP contribution in [0.1, 0.15) is 83.5 Å². The quantitative estimate of drug-likeness (QED) is 0.612. The Balaban J connectivity index is 1.60. The number of carbonyl (C=O) groups is 2. The van der Waals surface area contributed by atoms with Crippen molar-refractivity contribution in [2.45, 2.75) is 95.7 Å². The summed E-state index contributed by atoms with van der Waals surface area (Å²) in [6.45, 7) is 2.98. The third kappa shape index (κ3) is 7.16. The van der Waals surface area contributed by atoms with Gasteiger partial charge in [-0.1, -0.05) is 38.5 Å². The van der Waals surface area contributed by atoms with Crippen molar-refractivity contribution in [3.63, 3.8) is 0 Å². The molecule has 0 radical (unpaired) electrons. The van der Waals surface area contributed by atoms with Gasteiger partial charge >= 0.3 is 0 Å². The number of carbonyl (C=O) groups excluding carboxylic acids is 2. The van der Waals surface area contributed by atoms with E-state index in [9.17, 15) is 19.8 Å². The molecular weight excluding hydrogens is 406 g/mol. The van der Waals surface area contributed by atoms with Gasteiger partial charge in [0.05, 0.1) is 17.6 Å². The lowest BCUT2D eigenvalue weighted by Gasteiger charge is -2.39. The molecule has 184 valence electrons. The Hall–Kier alpha value is -1.18. The molecule has 1 saturated carbocycles. The van der Waals surface area contributed by atoms with Gasteiger partial charge in [0.2, 0.25) is 11.8 Å². The number of piperidine rings is 1. The van der Waals surface area contributed by atoms with Gasteiger partial charge in [-0.3, -0.25) is 9.59 Å². The number of rotatable bonds is 3. The molecule has 1 spiro atoms. The van der Waals surface area contributed by atoms with Gasteiger partial charge in [-0.15, -0.1) is 0 Å². The fourth-order valence-corrected chi connectivity index (χ4v) is 5.73. The number of amides is 2. The Kier molecular flexibility index (Phi) is 9.80. The van der Waals surface area contributed by atoms with Crippen LogP contribution in [-0.4, -0.2) is 83.8 Å². The summed E-state index contributed by atoms with van der Waals surface area (Å²) in [5.41, 5.74) is -0.402. The summed E-state index contributed by atoms with van der Waals surface area (Å²) in [5.74, 6) is 0.865. The van der Waals surface area contributed by atoms with E-state index in [4.69, 9.17) is 0 Å². The summed E-state index contributed by atoms with van der Waals surface area (Å²) in [4.78, 5) is 30.2. The van der Waals surface area contributed by atoms with Crippen molar-refractivity contribution in [3.8, 4) is 0 Å². The maximum atomic E-state index is 13.1. The van der Waals surface area contributed by atoms with Crippen molar-refractivity contribution in [1.82, 2.24) is 15.1 Å². The first kappa shape index (κ1) is 25.4. The first-order chi connectivity index (χ1) is 15.4. The molecule has 2 saturated heterocycles. The predicted octanol–water partition coefficient (Wildman–Crippen LogP) is 2.30. The summed E-state index contributed by atoms with van der Waals surface area (Å²) in [5, 5.41) is 23.8. The number of aliphatic hydroxyl groups is 2. The van der Waals surface area contributed by atoms with E-state index in [1.54, 1.807) is 0 Å². The van der Waals surface area contributed by atoms with Crippen LogP contribution in [0.2, 0.25) is 0 Å². The largest absolute Gasteiger partial charge is 0.390 e. The smallest absolute Gasteiger partial charge is 0.226 e. The van der Waals surface area contributed by atoms with Crippen molar-refractivity contribution in [1.29, 1.82) is 0 Å². The summed E-state index contributed by atoms with van der Waals surface area (Å²) in [6.07, 6.45) is 10.6. The van der Waals surface area contributed by atoms with E-state index in [-0.39, 0.29) is 18.4 Å². The maximum Gasteiger partial charge on any atom is 0.226 e. The third-order valence-corrected chi connectivity index (χ3v) is 8.21. The van der Waals surface area contributed by atoms with Gasteiger partial charge in [0.1, 0.15) is 0 Å². The van der Waals surface area contributed by atoms with Crippen molar-refractivity contribution in [2.75, 3.05) is 39.8 Å². The van der Waals surface area contributed by atoms with Gasteiger partial charge in [0.25, 0.3) is 0 Å². The molecule has 0 bridgehead atoms. The molecule has 0 unspecified atom stereocenters. The van der Waals surface area contributed by atoms with Gasteiger partial charge in [0.15, 0.2) is 0 Å². The highest BCUT2D eigenvalue weighted by Gasteiger charge is 2.40. The number of nitrogens with one attached hydrogen (secondary N) is 1. The number of likely N-dealkylation sites (tertiary alicyclic amines) is 1. The topological polar surface area (TPSA) is 93.1 Å². The molecule has 3 rings (SSSR count). The number of hydrogen-bond acceptors (Lipinski definition) is 5. The van der Waals surface area contributed by atoms with Crippen molar-refractivity contribution in [2.24, 2.45) is 11.3 Å². The molecule has 2 atom stereocenters. The zero-order chi connectivity index (χ0) is 23.0. The summed E-state index contributed by atoms with van der Waals surface area (Å²) in [7, 11) is 2.08. The van der Waals surface area contributed by atoms with Crippen LogP contribution in [0.15, 0.2) is 0 Å². The molecule has 2 amide bonds. The molecule has 0 aromatic carbocycles. The molecule has 2 aliphatic heterocycles.